The lowest BCUT2D eigenvalue weighted by atomic mass is 9.72. The Balaban J connectivity index is 2.66. The van der Waals surface area contributed by atoms with E-state index < -0.39 is 0 Å². The summed E-state index contributed by atoms with van der Waals surface area (Å²) >= 11 is 0. The molecule has 0 bridgehead atoms. The highest BCUT2D eigenvalue weighted by Crippen LogP contribution is 2.46. The third kappa shape index (κ3) is 2.90. The lowest BCUT2D eigenvalue weighted by Gasteiger charge is -2.43. The highest BCUT2D eigenvalue weighted by Gasteiger charge is 2.40. The Kier molecular flexibility index (Phi) is 3.41. The van der Waals surface area contributed by atoms with Crippen molar-refractivity contribution in [3.8, 4) is 18.1 Å². The van der Waals surface area contributed by atoms with Crippen molar-refractivity contribution in [2.45, 2.75) is 52.1 Å². The van der Waals surface area contributed by atoms with Gasteiger partial charge in [0.05, 0.1) is 17.7 Å². The summed E-state index contributed by atoms with van der Waals surface area (Å²) in [6.45, 7) is 10.4. The molecule has 0 N–H and O–H groups in total. The third-order valence-electron chi connectivity index (χ3n) is 3.71. The fourth-order valence-electron chi connectivity index (χ4n) is 3.14. The van der Waals surface area contributed by atoms with E-state index in [1.54, 1.807) is 13.0 Å². The molecule has 0 saturated carbocycles. The van der Waals surface area contributed by atoms with E-state index in [-0.39, 0.29) is 17.0 Å². The Morgan fingerprint density at radius 1 is 1.48 bits per heavy atom. The van der Waals surface area contributed by atoms with Crippen LogP contribution in [0.3, 0.4) is 0 Å². The van der Waals surface area contributed by atoms with Gasteiger partial charge in [-0.2, -0.15) is 0 Å². The Labute approximate surface area is 128 Å². The Morgan fingerprint density at radius 2 is 2.19 bits per heavy atom. The van der Waals surface area contributed by atoms with Crippen molar-refractivity contribution >= 4 is 5.97 Å². The van der Waals surface area contributed by atoms with E-state index in [1.165, 1.54) is 0 Å². The second-order valence-electron chi connectivity index (χ2n) is 6.67. The van der Waals surface area contributed by atoms with Gasteiger partial charge in [-0.1, -0.05) is 19.8 Å². The van der Waals surface area contributed by atoms with Gasteiger partial charge >= 0.3 is 5.97 Å². The highest BCUT2D eigenvalue weighted by molar-refractivity contribution is 5.91. The van der Waals surface area contributed by atoms with Crippen LogP contribution in [0.4, 0.5) is 0 Å². The minimum Gasteiger partial charge on any atom is -0.486 e. The molecule has 1 aromatic rings. The monoisotopic (exact) mass is 288 g/mol. The second-order valence-corrected chi connectivity index (χ2v) is 6.67. The maximum atomic E-state index is 12.1. The average Bonchev–Trinajstić information content (AvgIpc) is 2.38. The molecule has 0 spiro atoms. The van der Waals surface area contributed by atoms with Crippen LogP contribution < -0.4 is 4.74 Å². The predicted octanol–water partition coefficient (Wildman–Crippen LogP) is 3.68. The van der Waals surface area contributed by atoms with E-state index in [0.717, 1.165) is 12.0 Å². The molecule has 0 aromatic heterocycles. The van der Waals surface area contributed by atoms with Gasteiger partial charge in [0.2, 0.25) is 0 Å². The second kappa shape index (κ2) is 5.11. The molecule has 0 atom stereocenters. The molecule has 0 amide bonds. The van der Waals surface area contributed by atoms with Crippen molar-refractivity contribution in [3.05, 3.63) is 28.8 Å². The molecule has 1 aromatic carbocycles. The van der Waals surface area contributed by atoms with Crippen LogP contribution >= 0.6 is 0 Å². The van der Waals surface area contributed by atoms with Crippen molar-refractivity contribution in [1.29, 1.82) is 0 Å². The highest BCUT2D eigenvalue weighted by atomic mass is 16.5. The van der Waals surface area contributed by atoms with Crippen LogP contribution in [0.5, 0.6) is 5.75 Å². The van der Waals surface area contributed by atoms with Crippen LogP contribution in [-0.4, -0.2) is 18.2 Å². The molecule has 3 heteroatoms. The maximum absolute atomic E-state index is 12.1. The molecule has 1 aliphatic rings. The van der Waals surface area contributed by atoms with Gasteiger partial charge in [-0.25, -0.2) is 4.79 Å². The summed E-state index contributed by atoms with van der Waals surface area (Å²) < 4.78 is 18.4. The van der Waals surface area contributed by atoms with Crippen molar-refractivity contribution in [2.75, 3.05) is 6.61 Å². The van der Waals surface area contributed by atoms with E-state index >= 15 is 0 Å². The fraction of sp³-hybridized carbons (Fsp3) is 0.500. The number of rotatable bonds is 2. The molecule has 112 valence electrons. The van der Waals surface area contributed by atoms with Crippen LogP contribution in [0.15, 0.2) is 12.1 Å². The predicted molar refractivity (Wildman–Crippen MR) is 82.7 cm³/mol. The molecule has 2 rings (SSSR count). The van der Waals surface area contributed by atoms with Gasteiger partial charge in [-0.05, 0) is 44.7 Å². The minimum atomic E-state index is -0.376. The van der Waals surface area contributed by atoms with Crippen molar-refractivity contribution in [2.24, 2.45) is 0 Å². The van der Waals surface area contributed by atoms with Gasteiger partial charge in [-0.3, -0.25) is 0 Å². The number of terminal acetylenes is 1. The van der Waals surface area contributed by atoms with Gasteiger partial charge in [0.15, 0.2) is 0 Å². The normalized spacial score (nSPS) is 18.4. The van der Waals surface area contributed by atoms with Crippen LogP contribution in [0.1, 0.15) is 63.9 Å². The van der Waals surface area contributed by atoms with E-state index in [9.17, 15) is 4.79 Å². The summed E-state index contributed by atoms with van der Waals surface area (Å²) in [6.07, 6.45) is 2.98. The number of hydrogen-bond acceptors (Lipinski definition) is 3. The number of carbonyl (C=O) groups is 1. The molecule has 1 heterocycles. The average molecular weight is 288 g/mol. The third-order valence-corrected chi connectivity index (χ3v) is 3.71. The Bertz CT molecular complexity index is 663. The topological polar surface area (TPSA) is 35.5 Å². The first-order valence-electron chi connectivity index (χ1n) is 7.67. The Hall–Kier alpha value is -1.95. The van der Waals surface area contributed by atoms with E-state index in [0.29, 0.717) is 23.5 Å². The first-order valence-corrected chi connectivity index (χ1v) is 7.17. The standard InChI is InChI=1S/C18H22O3/c1-7-12-9-13(16(19)20-8-2)10-14-15(12)21-18(5,6)11-17(14,3)4/h1,9-10H,8,11H2,2-6H3/i1T. The number of carbonyl (C=O) groups excluding carboxylic acids is 1. The summed E-state index contributed by atoms with van der Waals surface area (Å²) in [5.74, 6) is 3.03. The van der Waals surface area contributed by atoms with Gasteiger partial charge < -0.3 is 9.47 Å². The van der Waals surface area contributed by atoms with E-state index in [4.69, 9.17) is 10.8 Å². The zero-order valence-electron chi connectivity index (χ0n) is 14.3. The largest absolute Gasteiger partial charge is 0.486 e. The van der Waals surface area contributed by atoms with Crippen molar-refractivity contribution < 1.29 is 15.6 Å². The lowest BCUT2D eigenvalue weighted by molar-refractivity contribution is 0.0508. The van der Waals surface area contributed by atoms with Gasteiger partial charge in [0.25, 0.3) is 0 Å². The summed E-state index contributed by atoms with van der Waals surface area (Å²) in [6, 6.07) is 3.48. The van der Waals surface area contributed by atoms with Crippen LogP contribution in [-0.2, 0) is 10.2 Å². The minimum absolute atomic E-state index is 0.155. The van der Waals surface area contributed by atoms with Crippen LogP contribution in [0.2, 0.25) is 0 Å². The molecule has 0 fully saturated rings. The van der Waals surface area contributed by atoms with Crippen LogP contribution in [0.25, 0.3) is 0 Å². The molecule has 0 saturated heterocycles. The van der Waals surface area contributed by atoms with Gasteiger partial charge in [0, 0.05) is 5.56 Å². The number of esters is 1. The zero-order chi connectivity index (χ0) is 16.5. The first kappa shape index (κ1) is 14.0. The molecular weight excluding hydrogens is 264 g/mol. The van der Waals surface area contributed by atoms with Gasteiger partial charge in [-0.15, -0.1) is 6.40 Å². The summed E-state index contributed by atoms with van der Waals surface area (Å²) in [7, 11) is 0. The molecule has 0 aliphatic carbocycles. The molecule has 1 aliphatic heterocycles. The lowest BCUT2D eigenvalue weighted by Crippen LogP contribution is -2.41. The zero-order valence-corrected chi connectivity index (χ0v) is 13.3. The number of ether oxygens (including phenoxy) is 2. The smallest absolute Gasteiger partial charge is 0.338 e. The Morgan fingerprint density at radius 3 is 2.81 bits per heavy atom. The summed E-state index contributed by atoms with van der Waals surface area (Å²) in [5, 5.41) is 0. The number of fused-ring (bicyclic) bond motifs is 1. The molecule has 3 nitrogen and oxygen atoms in total. The van der Waals surface area contributed by atoms with E-state index in [1.807, 2.05) is 19.9 Å². The van der Waals surface area contributed by atoms with Gasteiger partial charge in [0.1, 0.15) is 12.7 Å². The van der Waals surface area contributed by atoms with Crippen molar-refractivity contribution in [3.63, 3.8) is 0 Å². The summed E-state index contributed by atoms with van der Waals surface area (Å²) in [5.41, 5.74) is 1.49. The number of hydrogen-bond donors (Lipinski definition) is 0. The van der Waals surface area contributed by atoms with E-state index in [2.05, 4.69) is 26.2 Å². The summed E-state index contributed by atoms with van der Waals surface area (Å²) in [4.78, 5) is 12.1. The molecule has 21 heavy (non-hydrogen) atoms. The van der Waals surface area contributed by atoms with Crippen LogP contribution in [0, 0.1) is 12.3 Å². The first-order chi connectivity index (χ1) is 10.2. The quantitative estimate of drug-likeness (QED) is 0.615. The number of benzene rings is 1. The molecule has 0 radical (unpaired) electrons. The van der Waals surface area contributed by atoms with Crippen molar-refractivity contribution in [1.82, 2.24) is 0 Å². The fourth-order valence-corrected chi connectivity index (χ4v) is 3.14. The molecule has 0 unspecified atom stereocenters. The molecular formula is C18H22O3. The SMILES string of the molecule is [3H]C#Cc1cc(C(=O)OCC)cc2c1OC(C)(C)CC2(C)C. The maximum Gasteiger partial charge on any atom is 0.338 e.